The lowest BCUT2D eigenvalue weighted by Crippen LogP contribution is -2.61. The Labute approximate surface area is 133 Å². The zero-order chi connectivity index (χ0) is 17.1. The average molecular weight is 340 g/mol. The van der Waals surface area contributed by atoms with Gasteiger partial charge >= 0.3 is 0 Å². The minimum atomic E-state index is -1.48. The molecule has 136 valence electrons. The second kappa shape index (κ2) is 8.12. The molecule has 2 heterocycles. The highest BCUT2D eigenvalue weighted by atomic mass is 16.7. The lowest BCUT2D eigenvalue weighted by Gasteiger charge is -2.42. The summed E-state index contributed by atoms with van der Waals surface area (Å²) in [6.07, 6.45) is -10.3. The highest BCUT2D eigenvalue weighted by Gasteiger charge is 2.46. The number of methoxy groups -OCH3 is 2. The van der Waals surface area contributed by atoms with Gasteiger partial charge in [0.05, 0.1) is 13.2 Å². The van der Waals surface area contributed by atoms with Gasteiger partial charge in [-0.3, -0.25) is 0 Å². The molecule has 10 nitrogen and oxygen atoms in total. The van der Waals surface area contributed by atoms with E-state index in [1.807, 2.05) is 0 Å². The molecule has 10 heteroatoms. The molecule has 0 bridgehead atoms. The number of aliphatic hydroxyl groups excluding tert-OH is 5. The Bertz CT molecular complexity index is 369. The van der Waals surface area contributed by atoms with E-state index in [0.717, 1.165) is 0 Å². The van der Waals surface area contributed by atoms with Crippen molar-refractivity contribution in [3.63, 3.8) is 0 Å². The quantitative estimate of drug-likeness (QED) is 0.342. The van der Waals surface area contributed by atoms with Crippen LogP contribution in [0.2, 0.25) is 0 Å². The Hall–Kier alpha value is -0.400. The van der Waals surface area contributed by atoms with Crippen LogP contribution >= 0.6 is 0 Å². The summed E-state index contributed by atoms with van der Waals surface area (Å²) >= 11 is 0. The first kappa shape index (κ1) is 18.9. The molecule has 0 aromatic rings. The molecule has 0 aliphatic carbocycles. The molecule has 0 radical (unpaired) electrons. The molecule has 23 heavy (non-hydrogen) atoms. The summed E-state index contributed by atoms with van der Waals surface area (Å²) in [5.74, 6) is 0. The van der Waals surface area contributed by atoms with Crippen molar-refractivity contribution < 1.29 is 49.2 Å². The van der Waals surface area contributed by atoms with E-state index in [1.54, 1.807) is 0 Å². The molecule has 9 atom stereocenters. The molecule has 0 aromatic carbocycles. The zero-order valence-electron chi connectivity index (χ0n) is 12.9. The van der Waals surface area contributed by atoms with Crippen molar-refractivity contribution in [3.8, 4) is 0 Å². The number of hydrogen-bond acceptors (Lipinski definition) is 10. The smallest absolute Gasteiger partial charge is 0.186 e. The van der Waals surface area contributed by atoms with E-state index in [1.165, 1.54) is 14.2 Å². The van der Waals surface area contributed by atoms with Gasteiger partial charge in [-0.05, 0) is 0 Å². The van der Waals surface area contributed by atoms with Crippen molar-refractivity contribution in [1.29, 1.82) is 0 Å². The normalized spacial score (nSPS) is 48.4. The first-order chi connectivity index (χ1) is 10.9. The van der Waals surface area contributed by atoms with Crippen LogP contribution in [0.3, 0.4) is 0 Å². The number of aliphatic hydroxyl groups is 5. The Morgan fingerprint density at radius 2 is 1.57 bits per heavy atom. The van der Waals surface area contributed by atoms with Crippen LogP contribution in [-0.4, -0.2) is 108 Å². The maximum absolute atomic E-state index is 9.83. The second-order valence-electron chi connectivity index (χ2n) is 5.54. The van der Waals surface area contributed by atoms with Crippen LogP contribution in [0.1, 0.15) is 0 Å². The fourth-order valence-corrected chi connectivity index (χ4v) is 2.71. The van der Waals surface area contributed by atoms with Crippen LogP contribution in [0.4, 0.5) is 0 Å². The molecule has 3 unspecified atom stereocenters. The van der Waals surface area contributed by atoms with Gasteiger partial charge in [-0.15, -0.1) is 0 Å². The van der Waals surface area contributed by atoms with Gasteiger partial charge in [0.15, 0.2) is 12.6 Å². The van der Waals surface area contributed by atoms with Crippen molar-refractivity contribution in [3.05, 3.63) is 0 Å². The maximum atomic E-state index is 9.83. The first-order valence-electron chi connectivity index (χ1n) is 7.25. The second-order valence-corrected chi connectivity index (χ2v) is 5.54. The predicted molar refractivity (Wildman–Crippen MR) is 72.2 cm³/mol. The minimum absolute atomic E-state index is 0.160. The zero-order valence-corrected chi connectivity index (χ0v) is 12.9. The highest BCUT2D eigenvalue weighted by Crippen LogP contribution is 2.25. The van der Waals surface area contributed by atoms with Gasteiger partial charge in [0.1, 0.15) is 42.7 Å². The van der Waals surface area contributed by atoms with Gasteiger partial charge in [0.2, 0.25) is 0 Å². The molecular formula is C13H24O10. The third-order valence-corrected chi connectivity index (χ3v) is 4.06. The number of rotatable bonds is 5. The maximum Gasteiger partial charge on any atom is 0.186 e. The van der Waals surface area contributed by atoms with Crippen LogP contribution in [0.15, 0.2) is 0 Å². The Balaban J connectivity index is 1.95. The van der Waals surface area contributed by atoms with E-state index in [-0.39, 0.29) is 13.2 Å². The predicted octanol–water partition coefficient (Wildman–Crippen LogP) is -3.45. The van der Waals surface area contributed by atoms with Crippen molar-refractivity contribution in [2.75, 3.05) is 27.4 Å². The van der Waals surface area contributed by atoms with Gasteiger partial charge in [-0.25, -0.2) is 0 Å². The minimum Gasteiger partial charge on any atom is -0.388 e. The van der Waals surface area contributed by atoms with E-state index in [2.05, 4.69) is 0 Å². The molecule has 2 aliphatic rings. The summed E-state index contributed by atoms with van der Waals surface area (Å²) < 4.78 is 26.1. The molecule has 0 aromatic heterocycles. The highest BCUT2D eigenvalue weighted by molar-refractivity contribution is 4.91. The molecule has 2 fully saturated rings. The lowest BCUT2D eigenvalue weighted by atomic mass is 9.99. The summed E-state index contributed by atoms with van der Waals surface area (Å²) in [5.41, 5.74) is 0. The molecule has 5 N–H and O–H groups in total. The summed E-state index contributed by atoms with van der Waals surface area (Å²) in [4.78, 5) is 0. The van der Waals surface area contributed by atoms with Crippen LogP contribution < -0.4 is 0 Å². The lowest BCUT2D eigenvalue weighted by molar-refractivity contribution is -0.317. The van der Waals surface area contributed by atoms with Crippen molar-refractivity contribution in [1.82, 2.24) is 0 Å². The van der Waals surface area contributed by atoms with E-state index in [0.29, 0.717) is 0 Å². The molecule has 2 rings (SSSR count). The van der Waals surface area contributed by atoms with Crippen molar-refractivity contribution in [2.24, 2.45) is 0 Å². The standard InChI is InChI=1S/C13H24O10/c1-19-10-6(23-12(18)9(17)11(10)20-2)4-22-13-8(16)7(15)5(14)3-21-13/h5-18H,3-4H2,1-2H3/t5?,6?,7-,8?,9+,10+,11+,12+,13-/m0/s1. The van der Waals surface area contributed by atoms with Gasteiger partial charge in [0.25, 0.3) is 0 Å². The molecule has 2 aliphatic heterocycles. The summed E-state index contributed by atoms with van der Waals surface area (Å²) in [7, 11) is 2.76. The largest absolute Gasteiger partial charge is 0.388 e. The third kappa shape index (κ3) is 3.99. The van der Waals surface area contributed by atoms with Crippen LogP contribution in [0.5, 0.6) is 0 Å². The average Bonchev–Trinajstić information content (AvgIpc) is 2.54. The fraction of sp³-hybridized carbons (Fsp3) is 1.00. The van der Waals surface area contributed by atoms with Crippen molar-refractivity contribution in [2.45, 2.75) is 55.3 Å². The van der Waals surface area contributed by atoms with Crippen LogP contribution in [0, 0.1) is 0 Å². The topological polar surface area (TPSA) is 147 Å². The van der Waals surface area contributed by atoms with E-state index >= 15 is 0 Å². The van der Waals surface area contributed by atoms with Crippen LogP contribution in [-0.2, 0) is 23.7 Å². The number of hydrogen-bond donors (Lipinski definition) is 5. The van der Waals surface area contributed by atoms with Gasteiger partial charge in [0, 0.05) is 14.2 Å². The number of ether oxygens (including phenoxy) is 5. The van der Waals surface area contributed by atoms with E-state index in [9.17, 15) is 25.5 Å². The summed E-state index contributed by atoms with van der Waals surface area (Å²) in [6, 6.07) is 0. The Morgan fingerprint density at radius 3 is 2.17 bits per heavy atom. The molecule has 0 amide bonds. The van der Waals surface area contributed by atoms with Gasteiger partial charge in [-0.1, -0.05) is 0 Å². The third-order valence-electron chi connectivity index (χ3n) is 4.06. The first-order valence-corrected chi connectivity index (χ1v) is 7.25. The molecule has 0 saturated carbocycles. The molecule has 0 spiro atoms. The summed E-state index contributed by atoms with van der Waals surface area (Å²) in [5, 5.41) is 48.3. The SMILES string of the molecule is CO[C@@H]1[C@@H](O)[C@H](O)OC(CO[C@@H]2OCC(O)[C@H](O)C2O)[C@H]1OC. The van der Waals surface area contributed by atoms with E-state index < -0.39 is 55.3 Å². The summed E-state index contributed by atoms with van der Waals surface area (Å²) in [6.45, 7) is -0.350. The van der Waals surface area contributed by atoms with Crippen molar-refractivity contribution >= 4 is 0 Å². The van der Waals surface area contributed by atoms with Crippen LogP contribution in [0.25, 0.3) is 0 Å². The Morgan fingerprint density at radius 1 is 0.913 bits per heavy atom. The van der Waals surface area contributed by atoms with Gasteiger partial charge < -0.3 is 49.2 Å². The Kier molecular flexibility index (Phi) is 6.68. The fourth-order valence-electron chi connectivity index (χ4n) is 2.71. The van der Waals surface area contributed by atoms with E-state index in [4.69, 9.17) is 23.7 Å². The molecular weight excluding hydrogens is 316 g/mol. The monoisotopic (exact) mass is 340 g/mol. The van der Waals surface area contributed by atoms with Gasteiger partial charge in [-0.2, -0.15) is 0 Å². The molecule has 2 saturated heterocycles.